The molecule has 3 amide bonds. The van der Waals surface area contributed by atoms with Crippen LogP contribution >= 0.6 is 0 Å². The maximum atomic E-state index is 13.6. The molecule has 2 aliphatic heterocycles. The lowest BCUT2D eigenvalue weighted by molar-refractivity contribution is -0.904. The number of imide groups is 1. The lowest BCUT2D eigenvalue weighted by atomic mass is 9.89. The monoisotopic (exact) mass is 427 g/mol. The summed E-state index contributed by atoms with van der Waals surface area (Å²) in [6, 6.07) is 14.1. The van der Waals surface area contributed by atoms with E-state index in [1.807, 2.05) is 18.2 Å². The lowest BCUT2D eigenvalue weighted by Gasteiger charge is -2.41. The van der Waals surface area contributed by atoms with Crippen molar-refractivity contribution in [1.29, 1.82) is 0 Å². The second-order valence-electron chi connectivity index (χ2n) is 9.16. The van der Waals surface area contributed by atoms with Gasteiger partial charge in [-0.05, 0) is 36.4 Å². The highest BCUT2D eigenvalue weighted by molar-refractivity contribution is 6.36. The Morgan fingerprint density at radius 3 is 2.41 bits per heavy atom. The highest BCUT2D eigenvalue weighted by atomic mass is 16.2. The van der Waals surface area contributed by atoms with E-state index in [9.17, 15) is 14.4 Å². The molecular formula is C24H24BN4O3+. The highest BCUT2D eigenvalue weighted by Crippen LogP contribution is 2.42. The molecule has 0 saturated heterocycles. The van der Waals surface area contributed by atoms with Gasteiger partial charge in [-0.25, -0.2) is 4.90 Å². The predicted molar refractivity (Wildman–Crippen MR) is 127 cm³/mol. The summed E-state index contributed by atoms with van der Waals surface area (Å²) in [5.74, 6) is -0.914. The second kappa shape index (κ2) is 6.93. The van der Waals surface area contributed by atoms with Gasteiger partial charge in [0.15, 0.2) is 6.67 Å². The minimum atomic E-state index is -0.352. The molecule has 3 aromatic rings. The standard InChI is InChI=1S/C24H23BN4O3/c1-27-13-29(2,3)12-15-11-19-20-17(21(15)27)5-4-6-18(20)23(31)28(24(19)32)16-9-7-14(8-10-16)22(30)26-25/h4-11H,12-13,25H2,1-3H3/p+1. The van der Waals surface area contributed by atoms with E-state index >= 15 is 0 Å². The van der Waals surface area contributed by atoms with Gasteiger partial charge in [0.1, 0.15) is 6.54 Å². The molecule has 0 radical (unpaired) electrons. The first-order valence-corrected chi connectivity index (χ1v) is 10.5. The fraction of sp³-hybridized carbons (Fsp3) is 0.208. The highest BCUT2D eigenvalue weighted by Gasteiger charge is 2.38. The summed E-state index contributed by atoms with van der Waals surface area (Å²) >= 11 is 0. The van der Waals surface area contributed by atoms with Crippen LogP contribution in [0.15, 0.2) is 48.5 Å². The van der Waals surface area contributed by atoms with E-state index in [2.05, 4.69) is 31.3 Å². The van der Waals surface area contributed by atoms with Crippen molar-refractivity contribution in [2.24, 2.45) is 0 Å². The fourth-order valence-corrected chi connectivity index (χ4v) is 5.08. The molecule has 5 rings (SSSR count). The quantitative estimate of drug-likeness (QED) is 0.386. The first kappa shape index (κ1) is 20.3. The van der Waals surface area contributed by atoms with E-state index in [0.717, 1.165) is 39.7 Å². The van der Waals surface area contributed by atoms with Crippen LogP contribution in [0.5, 0.6) is 0 Å². The minimum Gasteiger partial charge on any atom is -0.402 e. The van der Waals surface area contributed by atoms with Gasteiger partial charge in [-0.1, -0.05) is 12.1 Å². The smallest absolute Gasteiger partial charge is 0.266 e. The van der Waals surface area contributed by atoms with Crippen LogP contribution in [0, 0.1) is 0 Å². The Balaban J connectivity index is 1.69. The number of carbonyl (C=O) groups excluding carboxylic acids is 3. The van der Waals surface area contributed by atoms with Gasteiger partial charge in [-0.15, -0.1) is 0 Å². The van der Waals surface area contributed by atoms with E-state index in [1.54, 1.807) is 38.3 Å². The van der Waals surface area contributed by atoms with Crippen LogP contribution < -0.4 is 15.0 Å². The molecular weight excluding hydrogens is 403 g/mol. The Bertz CT molecular complexity index is 1320. The largest absolute Gasteiger partial charge is 0.402 e. The second-order valence-corrected chi connectivity index (χ2v) is 9.16. The number of amides is 3. The van der Waals surface area contributed by atoms with Crippen LogP contribution in [0.25, 0.3) is 10.8 Å². The van der Waals surface area contributed by atoms with E-state index < -0.39 is 0 Å². The molecule has 0 saturated carbocycles. The maximum Gasteiger partial charge on any atom is 0.266 e. The molecule has 0 aliphatic carbocycles. The number of hydrogen-bond donors (Lipinski definition) is 1. The molecule has 0 atom stereocenters. The van der Waals surface area contributed by atoms with Gasteiger partial charge in [0.2, 0.25) is 13.9 Å². The molecule has 160 valence electrons. The van der Waals surface area contributed by atoms with E-state index in [4.69, 9.17) is 0 Å². The molecule has 2 aliphatic rings. The van der Waals surface area contributed by atoms with Crippen LogP contribution in [0.2, 0.25) is 0 Å². The zero-order chi connectivity index (χ0) is 22.8. The molecule has 0 unspecified atom stereocenters. The van der Waals surface area contributed by atoms with Crippen molar-refractivity contribution in [2.45, 2.75) is 6.54 Å². The molecule has 32 heavy (non-hydrogen) atoms. The Labute approximate surface area is 187 Å². The summed E-state index contributed by atoms with van der Waals surface area (Å²) in [7, 11) is 7.94. The average Bonchev–Trinajstić information content (AvgIpc) is 2.76. The van der Waals surface area contributed by atoms with Crippen LogP contribution in [-0.2, 0) is 6.54 Å². The lowest BCUT2D eigenvalue weighted by Crippen LogP contribution is -2.50. The van der Waals surface area contributed by atoms with Crippen molar-refractivity contribution >= 4 is 47.8 Å². The maximum absolute atomic E-state index is 13.6. The normalized spacial score (nSPS) is 16.8. The molecule has 1 N–H and O–H groups in total. The van der Waals surface area contributed by atoms with Gasteiger partial charge in [0.05, 0.1) is 25.5 Å². The topological polar surface area (TPSA) is 69.7 Å². The van der Waals surface area contributed by atoms with Crippen LogP contribution in [-0.4, -0.2) is 58.0 Å². The van der Waals surface area contributed by atoms with Gasteiger partial charge >= 0.3 is 0 Å². The predicted octanol–water partition coefficient (Wildman–Crippen LogP) is 1.90. The molecule has 7 nitrogen and oxygen atoms in total. The number of carbonyl (C=O) groups is 3. The van der Waals surface area contributed by atoms with Crippen LogP contribution in [0.1, 0.15) is 36.6 Å². The summed E-state index contributed by atoms with van der Waals surface area (Å²) in [6.07, 6.45) is 0. The molecule has 0 aromatic heterocycles. The van der Waals surface area contributed by atoms with Gasteiger partial charge in [-0.2, -0.15) is 0 Å². The molecule has 0 bridgehead atoms. The first-order valence-electron chi connectivity index (χ1n) is 10.5. The van der Waals surface area contributed by atoms with Crippen molar-refractivity contribution in [3.63, 3.8) is 0 Å². The third-order valence-corrected chi connectivity index (χ3v) is 6.27. The van der Waals surface area contributed by atoms with Crippen molar-refractivity contribution in [3.05, 3.63) is 70.8 Å². The van der Waals surface area contributed by atoms with E-state index in [-0.39, 0.29) is 17.7 Å². The summed E-state index contributed by atoms with van der Waals surface area (Å²) in [5, 5.41) is 4.23. The number of anilines is 2. The van der Waals surface area contributed by atoms with Gasteiger partial charge in [0, 0.05) is 40.1 Å². The molecule has 3 aromatic carbocycles. The average molecular weight is 427 g/mol. The summed E-state index contributed by atoms with van der Waals surface area (Å²) in [4.78, 5) is 42.4. The SMILES string of the molecule is BNC(=O)c1ccc(N2C(=O)c3cccc4c5c(cc(c34)C2=O)C[N+](C)(C)CN5C)cc1. The Morgan fingerprint density at radius 2 is 1.72 bits per heavy atom. The van der Waals surface area contributed by atoms with Crippen molar-refractivity contribution < 1.29 is 18.9 Å². The molecule has 2 heterocycles. The third kappa shape index (κ3) is 2.91. The Kier molecular flexibility index (Phi) is 4.39. The molecule has 0 spiro atoms. The Hall–Kier alpha value is -3.65. The van der Waals surface area contributed by atoms with Gasteiger partial charge in [-0.3, -0.25) is 14.4 Å². The van der Waals surface area contributed by atoms with Gasteiger partial charge < -0.3 is 14.6 Å². The van der Waals surface area contributed by atoms with Crippen LogP contribution in [0.4, 0.5) is 11.4 Å². The summed E-state index contributed by atoms with van der Waals surface area (Å²) in [5.41, 5.74) is 4.16. The van der Waals surface area contributed by atoms with E-state index in [0.29, 0.717) is 22.4 Å². The number of nitrogens with one attached hydrogen (secondary N) is 1. The number of hydrogen-bond acceptors (Lipinski definition) is 4. The first-order chi connectivity index (χ1) is 15.2. The van der Waals surface area contributed by atoms with Crippen molar-refractivity contribution in [3.8, 4) is 0 Å². The fourth-order valence-electron chi connectivity index (χ4n) is 5.08. The Morgan fingerprint density at radius 1 is 1.03 bits per heavy atom. The number of rotatable bonds is 2. The summed E-state index contributed by atoms with van der Waals surface area (Å²) < 4.78 is 0.784. The van der Waals surface area contributed by atoms with Crippen LogP contribution in [0.3, 0.4) is 0 Å². The van der Waals surface area contributed by atoms with E-state index in [1.165, 1.54) is 4.90 Å². The molecule has 8 heteroatoms. The number of benzene rings is 3. The number of quaternary nitrogens is 1. The molecule has 0 fully saturated rings. The van der Waals surface area contributed by atoms with Gasteiger partial charge in [0.25, 0.3) is 11.8 Å². The third-order valence-electron chi connectivity index (χ3n) is 6.27. The van der Waals surface area contributed by atoms with Crippen molar-refractivity contribution in [2.75, 3.05) is 37.6 Å². The number of fused-ring (bicyclic) bond motifs is 2. The minimum absolute atomic E-state index is 0.223. The summed E-state index contributed by atoms with van der Waals surface area (Å²) in [6.45, 7) is 1.65. The zero-order valence-electron chi connectivity index (χ0n) is 18.6. The van der Waals surface area contributed by atoms with Crippen molar-refractivity contribution in [1.82, 2.24) is 5.23 Å². The number of nitrogens with zero attached hydrogens (tertiary/aromatic N) is 3. The zero-order valence-corrected chi connectivity index (χ0v) is 18.6.